The maximum atomic E-state index is 13.7. The molecule has 0 atom stereocenters. The van der Waals surface area contributed by atoms with E-state index in [1.54, 1.807) is 17.0 Å². The molecule has 0 unspecified atom stereocenters. The normalized spacial score (nSPS) is 15.0. The van der Waals surface area contributed by atoms with Crippen LogP contribution in [0.2, 0.25) is 0 Å². The van der Waals surface area contributed by atoms with Crippen molar-refractivity contribution in [2.45, 2.75) is 33.1 Å². The van der Waals surface area contributed by atoms with Crippen molar-refractivity contribution in [3.05, 3.63) is 59.0 Å². The molecule has 2 amide bonds. The molecule has 1 fully saturated rings. The molecule has 1 aliphatic rings. The minimum atomic E-state index is -3.11. The second-order valence-electron chi connectivity index (χ2n) is 8.98. The van der Waals surface area contributed by atoms with E-state index in [1.807, 2.05) is 49.6 Å². The maximum absolute atomic E-state index is 13.7. The highest BCUT2D eigenvalue weighted by Crippen LogP contribution is 2.30. The third-order valence-corrected chi connectivity index (χ3v) is 8.82. The van der Waals surface area contributed by atoms with E-state index in [0.29, 0.717) is 17.2 Å². The largest absolute Gasteiger partial charge is 0.375 e. The van der Waals surface area contributed by atoms with Gasteiger partial charge in [-0.15, -0.1) is 23.7 Å². The van der Waals surface area contributed by atoms with E-state index in [0.717, 1.165) is 28.1 Å². The molecule has 0 spiro atoms. The number of nitrogens with zero attached hydrogens (tertiary/aromatic N) is 2. The fourth-order valence-corrected chi connectivity index (χ4v) is 6.57. The molecule has 1 aliphatic heterocycles. The van der Waals surface area contributed by atoms with Gasteiger partial charge in [0.15, 0.2) is 5.13 Å². The molecule has 0 bridgehead atoms. The fraction of sp³-hybridized carbons (Fsp3) is 0.346. The number of hydrogen-bond acceptors (Lipinski definition) is 7. The van der Waals surface area contributed by atoms with Gasteiger partial charge in [0.2, 0.25) is 11.8 Å². The van der Waals surface area contributed by atoms with E-state index in [9.17, 15) is 18.0 Å². The molecule has 3 N–H and O–H groups in total. The van der Waals surface area contributed by atoms with E-state index < -0.39 is 15.8 Å². The molecule has 1 saturated heterocycles. The van der Waals surface area contributed by atoms with E-state index in [-0.39, 0.29) is 55.1 Å². The van der Waals surface area contributed by atoms with Crippen molar-refractivity contribution in [1.82, 2.24) is 4.98 Å². The monoisotopic (exact) mass is 562 g/mol. The highest BCUT2D eigenvalue weighted by atomic mass is 35.5. The number of carbonyl (C=O) groups is 2. The number of nitrogen functional groups attached to an aromatic ring is 1. The molecule has 0 aliphatic carbocycles. The molecular weight excluding hydrogens is 532 g/mol. The minimum absolute atomic E-state index is 0. The van der Waals surface area contributed by atoms with Gasteiger partial charge in [-0.2, -0.15) is 0 Å². The van der Waals surface area contributed by atoms with Crippen LogP contribution in [0.3, 0.4) is 0 Å². The molecule has 2 heterocycles. The molecule has 1 aromatic heterocycles. The number of nitrogens with two attached hydrogens (primary N) is 1. The SMILES string of the molecule is CCc1cccc(C)c1N(CC(=O)Nc1ccc(-c2csc(N)n2)cc1)C(=O)C1CCS(=O)(=O)CC1.Cl. The lowest BCUT2D eigenvalue weighted by Gasteiger charge is -2.31. The van der Waals surface area contributed by atoms with Gasteiger partial charge in [0.1, 0.15) is 16.4 Å². The summed E-state index contributed by atoms with van der Waals surface area (Å²) in [5, 5.41) is 5.25. The summed E-state index contributed by atoms with van der Waals surface area (Å²) in [6.07, 6.45) is 1.24. The predicted molar refractivity (Wildman–Crippen MR) is 152 cm³/mol. The van der Waals surface area contributed by atoms with Crippen molar-refractivity contribution in [3.8, 4) is 11.3 Å². The van der Waals surface area contributed by atoms with Crippen LogP contribution in [-0.2, 0) is 25.8 Å². The Labute approximate surface area is 227 Å². The summed E-state index contributed by atoms with van der Waals surface area (Å²) in [6, 6.07) is 13.1. The Hall–Kier alpha value is -2.95. The van der Waals surface area contributed by atoms with Gasteiger partial charge in [0, 0.05) is 22.5 Å². The number of nitrogens with one attached hydrogen (secondary N) is 1. The van der Waals surface area contributed by atoms with Crippen LogP contribution in [0.5, 0.6) is 0 Å². The van der Waals surface area contributed by atoms with Crippen molar-refractivity contribution < 1.29 is 18.0 Å². The third-order valence-electron chi connectivity index (χ3n) is 6.43. The quantitative estimate of drug-likeness (QED) is 0.438. The second-order valence-corrected chi connectivity index (χ2v) is 12.2. The number of amides is 2. The number of aryl methyl sites for hydroxylation is 2. The lowest BCUT2D eigenvalue weighted by Crippen LogP contribution is -2.44. The van der Waals surface area contributed by atoms with Crippen LogP contribution >= 0.6 is 23.7 Å². The zero-order valence-electron chi connectivity index (χ0n) is 20.8. The lowest BCUT2D eigenvalue weighted by atomic mass is 9.98. The summed E-state index contributed by atoms with van der Waals surface area (Å²) >= 11 is 1.36. The Morgan fingerprint density at radius 2 is 1.81 bits per heavy atom. The van der Waals surface area contributed by atoms with Crippen LogP contribution in [0.4, 0.5) is 16.5 Å². The standard InChI is InChI=1S/C26H30N4O4S2.ClH/c1-3-18-6-4-5-17(2)24(18)30(25(32)20-11-13-36(33,34)14-12-20)15-23(31)28-21-9-7-19(8-10-21)22-16-35-26(27)29-22;/h4-10,16,20H,3,11-15H2,1-2H3,(H2,27,29)(H,28,31);1H. The van der Waals surface area contributed by atoms with Crippen molar-refractivity contribution in [1.29, 1.82) is 0 Å². The Balaban J connectivity index is 0.00000380. The zero-order chi connectivity index (χ0) is 25.9. The summed E-state index contributed by atoms with van der Waals surface area (Å²) < 4.78 is 23.8. The number of para-hydroxylation sites is 1. The average Bonchev–Trinajstić information content (AvgIpc) is 3.29. The van der Waals surface area contributed by atoms with Crippen LogP contribution in [0, 0.1) is 12.8 Å². The molecule has 3 aromatic rings. The smallest absolute Gasteiger partial charge is 0.244 e. The topological polar surface area (TPSA) is 122 Å². The zero-order valence-corrected chi connectivity index (χ0v) is 23.2. The van der Waals surface area contributed by atoms with Gasteiger partial charge in [0.25, 0.3) is 0 Å². The molecule has 11 heteroatoms. The van der Waals surface area contributed by atoms with Crippen LogP contribution in [0.1, 0.15) is 30.9 Å². The summed E-state index contributed by atoms with van der Waals surface area (Å²) in [5.74, 6) is -0.984. The molecular formula is C26H31ClN4O4S2. The Morgan fingerprint density at radius 1 is 1.14 bits per heavy atom. The highest BCUT2D eigenvalue weighted by molar-refractivity contribution is 7.91. The number of aromatic nitrogens is 1. The van der Waals surface area contributed by atoms with Gasteiger partial charge in [-0.05, 0) is 49.4 Å². The Kier molecular flexibility index (Phi) is 9.33. The number of sulfone groups is 1. The van der Waals surface area contributed by atoms with E-state index >= 15 is 0 Å². The van der Waals surface area contributed by atoms with E-state index in [2.05, 4.69) is 10.3 Å². The summed E-state index contributed by atoms with van der Waals surface area (Å²) in [6.45, 7) is 3.76. The van der Waals surface area contributed by atoms with Gasteiger partial charge < -0.3 is 16.0 Å². The average molecular weight is 563 g/mol. The van der Waals surface area contributed by atoms with E-state index in [4.69, 9.17) is 5.73 Å². The maximum Gasteiger partial charge on any atom is 0.244 e. The first-order valence-corrected chi connectivity index (χ1v) is 14.6. The van der Waals surface area contributed by atoms with Gasteiger partial charge in [-0.1, -0.05) is 37.3 Å². The minimum Gasteiger partial charge on any atom is -0.375 e. The Morgan fingerprint density at radius 3 is 2.41 bits per heavy atom. The molecule has 8 nitrogen and oxygen atoms in total. The van der Waals surface area contributed by atoms with Gasteiger partial charge in [-0.25, -0.2) is 13.4 Å². The number of hydrogen-bond donors (Lipinski definition) is 2. The van der Waals surface area contributed by atoms with Crippen molar-refractivity contribution in [2.24, 2.45) is 5.92 Å². The van der Waals surface area contributed by atoms with Crippen LogP contribution in [0.15, 0.2) is 47.8 Å². The summed E-state index contributed by atoms with van der Waals surface area (Å²) in [5.41, 5.74) is 10.6. The molecule has 37 heavy (non-hydrogen) atoms. The van der Waals surface area contributed by atoms with Crippen LogP contribution < -0.4 is 16.0 Å². The number of halogens is 1. The van der Waals surface area contributed by atoms with Crippen molar-refractivity contribution in [2.75, 3.05) is 34.0 Å². The molecule has 2 aromatic carbocycles. The predicted octanol–water partition coefficient (Wildman–Crippen LogP) is 4.48. The fourth-order valence-electron chi connectivity index (χ4n) is 4.50. The molecule has 198 valence electrons. The highest BCUT2D eigenvalue weighted by Gasteiger charge is 2.33. The summed E-state index contributed by atoms with van der Waals surface area (Å²) in [4.78, 5) is 32.6. The second kappa shape index (κ2) is 12.1. The summed E-state index contributed by atoms with van der Waals surface area (Å²) in [7, 11) is -3.11. The van der Waals surface area contributed by atoms with Gasteiger partial charge >= 0.3 is 0 Å². The molecule has 4 rings (SSSR count). The first-order chi connectivity index (χ1) is 17.2. The number of rotatable bonds is 7. The molecule has 0 radical (unpaired) electrons. The van der Waals surface area contributed by atoms with Crippen LogP contribution in [-0.4, -0.2) is 43.3 Å². The van der Waals surface area contributed by atoms with Crippen molar-refractivity contribution in [3.63, 3.8) is 0 Å². The lowest BCUT2D eigenvalue weighted by molar-refractivity contribution is -0.124. The van der Waals surface area contributed by atoms with Gasteiger partial charge in [0.05, 0.1) is 22.9 Å². The number of benzene rings is 2. The van der Waals surface area contributed by atoms with Crippen LogP contribution in [0.25, 0.3) is 11.3 Å². The number of anilines is 3. The third kappa shape index (κ3) is 6.88. The number of carbonyl (C=O) groups excluding carboxylic acids is 2. The first kappa shape index (κ1) is 28.6. The Bertz CT molecular complexity index is 1360. The van der Waals surface area contributed by atoms with E-state index in [1.165, 1.54) is 11.3 Å². The van der Waals surface area contributed by atoms with Gasteiger partial charge in [-0.3, -0.25) is 9.59 Å². The molecule has 0 saturated carbocycles. The van der Waals surface area contributed by atoms with Crippen molar-refractivity contribution >= 4 is 61.9 Å². The first-order valence-electron chi connectivity index (χ1n) is 11.9. The number of thiazole rings is 1.